The highest BCUT2D eigenvalue weighted by Gasteiger charge is 2.28. The van der Waals surface area contributed by atoms with Crippen LogP contribution >= 0.6 is 0 Å². The van der Waals surface area contributed by atoms with E-state index >= 15 is 0 Å². The van der Waals surface area contributed by atoms with Gasteiger partial charge in [-0.1, -0.05) is 38.1 Å². The fourth-order valence-electron chi connectivity index (χ4n) is 2.13. The van der Waals surface area contributed by atoms with Crippen molar-refractivity contribution in [3.05, 3.63) is 35.4 Å². The van der Waals surface area contributed by atoms with Gasteiger partial charge in [0.15, 0.2) is 0 Å². The molecule has 1 rings (SSSR count). The van der Waals surface area contributed by atoms with E-state index in [1.165, 1.54) is 5.56 Å². The lowest BCUT2D eigenvalue weighted by Gasteiger charge is -2.26. The summed E-state index contributed by atoms with van der Waals surface area (Å²) >= 11 is 0. The molecule has 0 aliphatic rings. The number of benzene rings is 1. The molecule has 0 radical (unpaired) electrons. The van der Waals surface area contributed by atoms with E-state index in [1.807, 2.05) is 12.1 Å². The van der Waals surface area contributed by atoms with Gasteiger partial charge in [0, 0.05) is 12.5 Å². The van der Waals surface area contributed by atoms with Crippen molar-refractivity contribution in [1.82, 2.24) is 0 Å². The second-order valence-electron chi connectivity index (χ2n) is 6.38. The van der Waals surface area contributed by atoms with E-state index in [1.54, 1.807) is 21.0 Å². The van der Waals surface area contributed by atoms with Crippen molar-refractivity contribution >= 4 is 5.97 Å². The SMILES string of the molecule is COCC(C)(C)c1cccc(CC(C)(C)C(=O)O)c1. The molecule has 0 aliphatic carbocycles. The number of carboxylic acids is 1. The van der Waals surface area contributed by atoms with E-state index in [9.17, 15) is 9.90 Å². The van der Waals surface area contributed by atoms with E-state index in [2.05, 4.69) is 26.0 Å². The van der Waals surface area contributed by atoms with Crippen molar-refractivity contribution < 1.29 is 14.6 Å². The Balaban J connectivity index is 2.98. The standard InChI is InChI=1S/C16H24O3/c1-15(2,14(17)18)10-12-7-6-8-13(9-12)16(3,4)11-19-5/h6-9H,10-11H2,1-5H3,(H,17,18). The average molecular weight is 264 g/mol. The first kappa shape index (κ1) is 15.7. The first-order valence-electron chi connectivity index (χ1n) is 6.51. The minimum atomic E-state index is -0.769. The summed E-state index contributed by atoms with van der Waals surface area (Å²) in [5.74, 6) is -0.769. The summed E-state index contributed by atoms with van der Waals surface area (Å²) in [6.07, 6.45) is 0.527. The van der Waals surface area contributed by atoms with Gasteiger partial charge in [0.2, 0.25) is 0 Å². The highest BCUT2D eigenvalue weighted by molar-refractivity contribution is 5.74. The van der Waals surface area contributed by atoms with E-state index in [0.717, 1.165) is 5.56 Å². The number of carboxylic acid groups (broad SMARTS) is 1. The van der Waals surface area contributed by atoms with Gasteiger partial charge in [-0.2, -0.15) is 0 Å². The molecule has 3 nitrogen and oxygen atoms in total. The molecule has 1 aromatic rings. The van der Waals surface area contributed by atoms with Crippen LogP contribution in [-0.4, -0.2) is 24.8 Å². The second kappa shape index (κ2) is 5.74. The fourth-order valence-corrected chi connectivity index (χ4v) is 2.13. The van der Waals surface area contributed by atoms with Crippen molar-refractivity contribution in [2.24, 2.45) is 5.41 Å². The Hall–Kier alpha value is -1.35. The van der Waals surface area contributed by atoms with Crippen LogP contribution in [0, 0.1) is 5.41 Å². The summed E-state index contributed by atoms with van der Waals surface area (Å²) in [6, 6.07) is 8.12. The minimum Gasteiger partial charge on any atom is -0.481 e. The molecule has 0 atom stereocenters. The zero-order valence-corrected chi connectivity index (χ0v) is 12.5. The maximum absolute atomic E-state index is 11.2. The van der Waals surface area contributed by atoms with Crippen LogP contribution in [-0.2, 0) is 21.4 Å². The molecular weight excluding hydrogens is 240 g/mol. The largest absolute Gasteiger partial charge is 0.481 e. The van der Waals surface area contributed by atoms with E-state index in [0.29, 0.717) is 13.0 Å². The van der Waals surface area contributed by atoms with Crippen LogP contribution in [0.3, 0.4) is 0 Å². The van der Waals surface area contributed by atoms with Crippen LogP contribution < -0.4 is 0 Å². The molecular formula is C16H24O3. The summed E-state index contributed by atoms with van der Waals surface area (Å²) in [4.78, 5) is 11.2. The summed E-state index contributed by atoms with van der Waals surface area (Å²) in [5, 5.41) is 9.20. The Bertz CT molecular complexity index is 447. The third-order valence-electron chi connectivity index (χ3n) is 3.44. The highest BCUT2D eigenvalue weighted by atomic mass is 16.5. The van der Waals surface area contributed by atoms with Crippen LogP contribution in [0.4, 0.5) is 0 Å². The molecule has 19 heavy (non-hydrogen) atoms. The van der Waals surface area contributed by atoms with Crippen molar-refractivity contribution in [3.63, 3.8) is 0 Å². The van der Waals surface area contributed by atoms with Crippen LogP contribution in [0.1, 0.15) is 38.8 Å². The number of ether oxygens (including phenoxy) is 1. The van der Waals surface area contributed by atoms with Crippen LogP contribution in [0.2, 0.25) is 0 Å². The quantitative estimate of drug-likeness (QED) is 0.857. The van der Waals surface area contributed by atoms with Gasteiger partial charge in [-0.05, 0) is 31.4 Å². The number of hydrogen-bond acceptors (Lipinski definition) is 2. The molecule has 3 heteroatoms. The number of rotatable bonds is 6. The second-order valence-corrected chi connectivity index (χ2v) is 6.38. The number of carbonyl (C=O) groups is 1. The average Bonchev–Trinajstić information content (AvgIpc) is 2.28. The Morgan fingerprint density at radius 3 is 2.42 bits per heavy atom. The Morgan fingerprint density at radius 2 is 1.89 bits per heavy atom. The van der Waals surface area contributed by atoms with Gasteiger partial charge >= 0.3 is 5.97 Å². The van der Waals surface area contributed by atoms with Crippen molar-refractivity contribution in [1.29, 1.82) is 0 Å². The first-order chi connectivity index (χ1) is 8.69. The molecule has 0 spiro atoms. The van der Waals surface area contributed by atoms with E-state index in [-0.39, 0.29) is 5.41 Å². The normalized spacial score (nSPS) is 12.5. The third-order valence-corrected chi connectivity index (χ3v) is 3.44. The van der Waals surface area contributed by atoms with Gasteiger partial charge in [-0.3, -0.25) is 4.79 Å². The maximum atomic E-state index is 11.2. The Morgan fingerprint density at radius 1 is 1.26 bits per heavy atom. The Kier molecular flexibility index (Phi) is 4.75. The van der Waals surface area contributed by atoms with Gasteiger partial charge in [-0.15, -0.1) is 0 Å². The molecule has 106 valence electrons. The molecule has 0 bridgehead atoms. The lowest BCUT2D eigenvalue weighted by molar-refractivity contribution is -0.146. The zero-order chi connectivity index (χ0) is 14.7. The van der Waals surface area contributed by atoms with E-state index < -0.39 is 11.4 Å². The molecule has 0 unspecified atom stereocenters. The van der Waals surface area contributed by atoms with Crippen molar-refractivity contribution in [3.8, 4) is 0 Å². The van der Waals surface area contributed by atoms with Gasteiger partial charge in [0.25, 0.3) is 0 Å². The Labute approximate surface area is 115 Å². The third kappa shape index (κ3) is 4.06. The van der Waals surface area contributed by atoms with Crippen LogP contribution in [0.25, 0.3) is 0 Å². The zero-order valence-electron chi connectivity index (χ0n) is 12.5. The van der Waals surface area contributed by atoms with Gasteiger partial charge in [-0.25, -0.2) is 0 Å². The molecule has 1 N–H and O–H groups in total. The molecule has 0 saturated heterocycles. The minimum absolute atomic E-state index is 0.0713. The molecule has 0 saturated carbocycles. The van der Waals surface area contributed by atoms with Crippen molar-refractivity contribution in [2.45, 2.75) is 39.5 Å². The molecule has 0 aliphatic heterocycles. The number of hydrogen-bond donors (Lipinski definition) is 1. The number of aliphatic carboxylic acids is 1. The topological polar surface area (TPSA) is 46.5 Å². The lowest BCUT2D eigenvalue weighted by Crippen LogP contribution is -2.27. The predicted octanol–water partition coefficient (Wildman–Crippen LogP) is 3.26. The smallest absolute Gasteiger partial charge is 0.309 e. The molecule has 0 amide bonds. The molecule has 1 aromatic carbocycles. The monoisotopic (exact) mass is 264 g/mol. The summed E-state index contributed by atoms with van der Waals surface area (Å²) in [5.41, 5.74) is 1.41. The van der Waals surface area contributed by atoms with E-state index in [4.69, 9.17) is 4.74 Å². The molecule has 0 aromatic heterocycles. The van der Waals surface area contributed by atoms with Crippen LogP contribution in [0.15, 0.2) is 24.3 Å². The summed E-state index contributed by atoms with van der Waals surface area (Å²) < 4.78 is 5.25. The first-order valence-corrected chi connectivity index (χ1v) is 6.51. The summed E-state index contributed by atoms with van der Waals surface area (Å²) in [6.45, 7) is 8.39. The van der Waals surface area contributed by atoms with Gasteiger partial charge in [0.05, 0.1) is 12.0 Å². The highest BCUT2D eigenvalue weighted by Crippen LogP contribution is 2.27. The number of methoxy groups -OCH3 is 1. The van der Waals surface area contributed by atoms with Crippen LogP contribution in [0.5, 0.6) is 0 Å². The molecule has 0 fully saturated rings. The molecule has 0 heterocycles. The van der Waals surface area contributed by atoms with Gasteiger partial charge in [0.1, 0.15) is 0 Å². The fraction of sp³-hybridized carbons (Fsp3) is 0.562. The maximum Gasteiger partial charge on any atom is 0.309 e. The van der Waals surface area contributed by atoms with Gasteiger partial charge < -0.3 is 9.84 Å². The lowest BCUT2D eigenvalue weighted by atomic mass is 9.81. The van der Waals surface area contributed by atoms with Crippen molar-refractivity contribution in [2.75, 3.05) is 13.7 Å². The summed E-state index contributed by atoms with van der Waals surface area (Å²) in [7, 11) is 1.69. The predicted molar refractivity (Wildman–Crippen MR) is 76.5 cm³/mol.